The Labute approximate surface area is 514 Å². The fourth-order valence-corrected chi connectivity index (χ4v) is 13.0. The zero-order valence-corrected chi connectivity index (χ0v) is 52.7. The maximum atomic E-state index is 12.9. The Morgan fingerprint density at radius 1 is 0.437 bits per heavy atom. The van der Waals surface area contributed by atoms with Crippen LogP contribution in [-0.2, 0) is 14.4 Å². The van der Waals surface area contributed by atoms with Gasteiger partial charge in [0.25, 0.3) is 0 Å². The van der Waals surface area contributed by atoms with Gasteiger partial charge in [0.1, 0.15) is 23.3 Å². The van der Waals surface area contributed by atoms with Gasteiger partial charge in [-0.1, -0.05) is 166 Å². The molecule has 15 nitrogen and oxygen atoms in total. The van der Waals surface area contributed by atoms with Crippen LogP contribution in [0.25, 0.3) is 67.3 Å². The van der Waals surface area contributed by atoms with E-state index in [4.69, 9.17) is 20.1 Å². The lowest BCUT2D eigenvalue weighted by Gasteiger charge is -2.24. The van der Waals surface area contributed by atoms with Crippen molar-refractivity contribution < 1.29 is 19.5 Å². The molecule has 4 aromatic carbocycles. The van der Waals surface area contributed by atoms with Crippen molar-refractivity contribution in [2.24, 2.45) is 41.4 Å². The monoisotopic (exact) mass is 1170 g/mol. The largest absolute Gasteiger partial charge is 0.481 e. The Morgan fingerprint density at radius 2 is 0.782 bits per heavy atom. The Kier molecular flexibility index (Phi) is 19.9. The van der Waals surface area contributed by atoms with E-state index >= 15 is 0 Å². The van der Waals surface area contributed by atoms with E-state index in [9.17, 15) is 14.4 Å². The Balaban J connectivity index is 0.000000179. The molecule has 1 aliphatic carbocycles. The third-order valence-electron chi connectivity index (χ3n) is 17.6. The average molecular weight is 1170 g/mol. The van der Waals surface area contributed by atoms with Crippen molar-refractivity contribution in [3.8, 4) is 67.3 Å². The molecule has 458 valence electrons. The molecule has 0 unspecified atom stereocenters. The number of rotatable bonds is 16. The highest BCUT2D eigenvalue weighted by atomic mass is 16.4. The Morgan fingerprint density at radius 3 is 1.10 bits per heavy atom. The van der Waals surface area contributed by atoms with Crippen LogP contribution in [0, 0.1) is 41.4 Å². The van der Waals surface area contributed by atoms with Gasteiger partial charge in [-0.25, -0.2) is 19.9 Å². The molecule has 0 spiro atoms. The number of nitrogens with one attached hydrogen (secondary N) is 5. The van der Waals surface area contributed by atoms with Crippen molar-refractivity contribution in [1.82, 2.24) is 55.0 Å². The van der Waals surface area contributed by atoms with Crippen molar-refractivity contribution in [1.29, 1.82) is 0 Å². The predicted molar refractivity (Wildman–Crippen MR) is 347 cm³/mol. The maximum absolute atomic E-state index is 12.9. The zero-order chi connectivity index (χ0) is 61.5. The normalized spacial score (nSPS) is 21.8. The number of carboxylic acids is 1. The summed E-state index contributed by atoms with van der Waals surface area (Å²) in [6.45, 7) is 23.8. The number of benzene rings is 4. The molecule has 2 amide bonds. The summed E-state index contributed by atoms with van der Waals surface area (Å²) in [6, 6.07) is 34.9. The lowest BCUT2D eigenvalue weighted by molar-refractivity contribution is -0.138. The van der Waals surface area contributed by atoms with Gasteiger partial charge in [0.15, 0.2) is 0 Å². The molecule has 8 atom stereocenters. The maximum Gasteiger partial charge on any atom is 0.303 e. The quantitative estimate of drug-likeness (QED) is 0.0544. The third kappa shape index (κ3) is 15.6. The molecule has 4 aliphatic rings. The minimum Gasteiger partial charge on any atom is -0.481 e. The topological polar surface area (TPSA) is 205 Å². The number of aromatic nitrogens is 8. The van der Waals surface area contributed by atoms with E-state index in [0.29, 0.717) is 54.4 Å². The highest BCUT2D eigenvalue weighted by molar-refractivity contribution is 5.78. The molecule has 3 aliphatic heterocycles. The second-order valence-electron chi connectivity index (χ2n) is 26.9. The average Bonchev–Trinajstić information content (AvgIpc) is 2.52. The van der Waals surface area contributed by atoms with Crippen LogP contribution in [-0.4, -0.2) is 92.2 Å². The number of carbonyl (C=O) groups excluding carboxylic acids is 2. The summed E-state index contributed by atoms with van der Waals surface area (Å²) in [7, 11) is 0. The van der Waals surface area contributed by atoms with Gasteiger partial charge in [-0.3, -0.25) is 14.4 Å². The van der Waals surface area contributed by atoms with E-state index < -0.39 is 5.97 Å². The summed E-state index contributed by atoms with van der Waals surface area (Å²) < 4.78 is 0. The summed E-state index contributed by atoms with van der Waals surface area (Å²) in [5.74, 6) is 7.64. The van der Waals surface area contributed by atoms with Crippen molar-refractivity contribution in [2.75, 3.05) is 19.6 Å². The van der Waals surface area contributed by atoms with Gasteiger partial charge in [-0.05, 0) is 131 Å². The fourth-order valence-electron chi connectivity index (χ4n) is 13.0. The van der Waals surface area contributed by atoms with Crippen LogP contribution in [0.2, 0.25) is 0 Å². The van der Waals surface area contributed by atoms with Crippen LogP contribution < -0.4 is 5.32 Å². The lowest BCUT2D eigenvalue weighted by atomic mass is 10.0. The summed E-state index contributed by atoms with van der Waals surface area (Å²) in [5.41, 5.74) is 13.3. The van der Waals surface area contributed by atoms with Crippen LogP contribution in [0.3, 0.4) is 0 Å². The van der Waals surface area contributed by atoms with Gasteiger partial charge in [-0.15, -0.1) is 0 Å². The van der Waals surface area contributed by atoms with Gasteiger partial charge >= 0.3 is 5.97 Å². The van der Waals surface area contributed by atoms with Crippen molar-refractivity contribution in [3.63, 3.8) is 0 Å². The van der Waals surface area contributed by atoms with Crippen molar-refractivity contribution in [3.05, 3.63) is 145 Å². The number of aromatic amines is 4. The molecule has 0 bridgehead atoms. The molecular formula is C72H91N11O4. The molecule has 0 radical (unpaired) electrons. The smallest absolute Gasteiger partial charge is 0.303 e. The van der Waals surface area contributed by atoms with Crippen molar-refractivity contribution in [2.45, 2.75) is 151 Å². The second kappa shape index (κ2) is 27.8. The summed E-state index contributed by atoms with van der Waals surface area (Å²) >= 11 is 0. The highest BCUT2D eigenvalue weighted by Gasteiger charge is 2.37. The van der Waals surface area contributed by atoms with E-state index in [1.165, 1.54) is 36.0 Å². The fraction of sp³-hybridized carbons (Fsp3) is 0.458. The van der Waals surface area contributed by atoms with E-state index in [0.717, 1.165) is 119 Å². The SMILES string of the molecule is CC(C)CC(=O)N1C[C@@H](C)C[C@H]1c1ncc(-c2ccc(-c3ccc(-c4cnc([C@@H]5C[C@H](C)CN5C(=O)CC(C)C)[nH]4)cc3)cc2)[nH]1.CC(C)CC(=O)O.C[C@@H]1CC[C@H](c2ncc(-c3ccc(-c4ccc(-c5cnc([C@@H]6C[C@H](C)CN6)[nH]5)cc4)cc3)[nH]2)C1. The minimum atomic E-state index is -0.713. The number of amides is 2. The number of likely N-dealkylation sites (tertiary alicyclic amines) is 2. The van der Waals surface area contributed by atoms with Crippen LogP contribution in [0.15, 0.2) is 122 Å². The van der Waals surface area contributed by atoms with E-state index in [-0.39, 0.29) is 36.2 Å². The molecule has 15 heteroatoms. The van der Waals surface area contributed by atoms with E-state index in [1.54, 1.807) is 0 Å². The zero-order valence-electron chi connectivity index (χ0n) is 52.7. The van der Waals surface area contributed by atoms with Crippen molar-refractivity contribution >= 4 is 17.8 Å². The summed E-state index contributed by atoms with van der Waals surface area (Å²) in [4.78, 5) is 72.6. The molecule has 1 saturated carbocycles. The number of carboxylic acid groups (broad SMARTS) is 1. The lowest BCUT2D eigenvalue weighted by Crippen LogP contribution is -2.32. The summed E-state index contributed by atoms with van der Waals surface area (Å²) in [6.07, 6.45) is 15.9. The molecule has 4 fully saturated rings. The van der Waals surface area contributed by atoms with E-state index in [2.05, 4.69) is 183 Å². The first kappa shape index (κ1) is 62.2. The molecular weight excluding hydrogens is 1080 g/mol. The number of hydrogen-bond acceptors (Lipinski definition) is 8. The van der Waals surface area contributed by atoms with E-state index in [1.807, 2.05) is 48.4 Å². The van der Waals surface area contributed by atoms with Gasteiger partial charge < -0.3 is 40.2 Å². The number of H-pyrrole nitrogens is 4. The molecule has 8 aromatic rings. The van der Waals surface area contributed by atoms with Crippen LogP contribution in [0.4, 0.5) is 0 Å². The predicted octanol–water partition coefficient (Wildman–Crippen LogP) is 15.9. The molecule has 87 heavy (non-hydrogen) atoms. The van der Waals surface area contributed by atoms with Gasteiger partial charge in [0, 0.05) is 38.3 Å². The van der Waals surface area contributed by atoms with Crippen LogP contribution in [0.5, 0.6) is 0 Å². The number of carbonyl (C=O) groups is 3. The molecule has 7 heterocycles. The number of aliphatic carboxylic acids is 1. The number of hydrogen-bond donors (Lipinski definition) is 6. The first-order chi connectivity index (χ1) is 41.8. The van der Waals surface area contributed by atoms with Crippen LogP contribution >= 0.6 is 0 Å². The van der Waals surface area contributed by atoms with Gasteiger partial charge in [0.2, 0.25) is 11.8 Å². The molecule has 6 N–H and O–H groups in total. The first-order valence-electron chi connectivity index (χ1n) is 32.0. The highest BCUT2D eigenvalue weighted by Crippen LogP contribution is 2.40. The molecule has 12 rings (SSSR count). The Bertz CT molecular complexity index is 3310. The minimum absolute atomic E-state index is 0.00627. The third-order valence-corrected chi connectivity index (χ3v) is 17.6. The first-order valence-corrected chi connectivity index (χ1v) is 32.0. The Hall–Kier alpha value is -7.91. The summed E-state index contributed by atoms with van der Waals surface area (Å²) in [5, 5.41) is 11.6. The molecule has 4 aromatic heterocycles. The van der Waals surface area contributed by atoms with Crippen LogP contribution in [0.1, 0.15) is 174 Å². The second-order valence-corrected chi connectivity index (χ2v) is 26.9. The number of nitrogens with zero attached hydrogens (tertiary/aromatic N) is 6. The number of imidazole rings is 4. The van der Waals surface area contributed by atoms with Gasteiger partial charge in [0.05, 0.1) is 65.7 Å². The standard InChI is InChI=1S/C38H48N6O2.C29H33N5.C5H10O2/c1-23(2)15-35(45)43-21-25(5)17-33(43)37-39-19-31(41-37)29-11-7-27(8-12-29)28-9-13-30(14-10-28)32-20-40-38(42-32)34-18-26(6)22-44(34)36(46)16-24(3)4;1-18-3-4-24(13-18)28-31-16-26(33-28)22-9-5-20(6-10-22)21-7-11-23(12-8-21)27-17-32-29(34-27)25-14-19(2)15-30-25;1-4(2)3-5(6)7/h7-14,19-20,23-26,33-34H,15-18,21-22H2,1-6H3,(H,39,41)(H,40,42);5-12,16-19,24-25,30H,3-4,13-15H2,1-2H3,(H,31,33)(H,32,34);4H,3H2,1-2H3,(H,6,7)/t25-,26-,33-,34-;18-,19+,24+,25+;/m01./s1. The van der Waals surface area contributed by atoms with Gasteiger partial charge in [-0.2, -0.15) is 0 Å². The molecule has 3 saturated heterocycles.